The Hall–Kier alpha value is 0.710. The van der Waals surface area contributed by atoms with Gasteiger partial charge in [0.1, 0.15) is 5.84 Å². The summed E-state index contributed by atoms with van der Waals surface area (Å²) >= 11 is 3.03. The van der Waals surface area contributed by atoms with Crippen molar-refractivity contribution in [3.63, 3.8) is 0 Å². The molecular formula is C3H8BrOP. The van der Waals surface area contributed by atoms with E-state index < -0.39 is 5.84 Å². The minimum Gasteiger partial charge on any atom is -0.312 e. The number of hydrogen-bond donors (Lipinski definition) is 0. The lowest BCUT2D eigenvalue weighted by atomic mass is 11.0. The van der Waals surface area contributed by atoms with Crippen LogP contribution in [0.5, 0.6) is 0 Å². The predicted octanol–water partition coefficient (Wildman–Crippen LogP) is 2.31. The molecule has 0 amide bonds. The Morgan fingerprint density at radius 1 is 1.83 bits per heavy atom. The smallest absolute Gasteiger partial charge is 0.144 e. The Bertz CT molecular complexity index is 74.9. The van der Waals surface area contributed by atoms with Crippen molar-refractivity contribution in [1.82, 2.24) is 0 Å². The van der Waals surface area contributed by atoms with Gasteiger partial charge in [0.25, 0.3) is 0 Å². The standard InChI is InChI=1S/C3H8BrOP/c1-3-6(2,4)5/h3H2,1-2H3. The molecule has 6 heavy (non-hydrogen) atoms. The van der Waals surface area contributed by atoms with Crippen LogP contribution in [0.1, 0.15) is 6.92 Å². The molecule has 0 fully saturated rings. The van der Waals surface area contributed by atoms with Crippen molar-refractivity contribution in [2.24, 2.45) is 0 Å². The zero-order valence-corrected chi connectivity index (χ0v) is 6.42. The normalized spacial score (nSPS) is 19.8. The summed E-state index contributed by atoms with van der Waals surface area (Å²) in [6.07, 6.45) is 0.743. The monoisotopic (exact) mass is 170 g/mol. The van der Waals surface area contributed by atoms with Crippen molar-refractivity contribution in [1.29, 1.82) is 0 Å². The molecule has 0 aromatic rings. The van der Waals surface area contributed by atoms with Crippen LogP contribution in [0.15, 0.2) is 0 Å². The highest BCUT2D eigenvalue weighted by Gasteiger charge is 2.01. The summed E-state index contributed by atoms with van der Waals surface area (Å²) in [4.78, 5) is 0. The average Bonchev–Trinajstić information content (AvgIpc) is 1.35. The SMILES string of the molecule is CCP(C)(=O)Br. The van der Waals surface area contributed by atoms with Gasteiger partial charge < -0.3 is 4.57 Å². The van der Waals surface area contributed by atoms with Gasteiger partial charge in [-0.05, 0) is 22.2 Å². The van der Waals surface area contributed by atoms with E-state index in [-0.39, 0.29) is 0 Å². The van der Waals surface area contributed by atoms with Gasteiger partial charge in [0, 0.05) is 6.16 Å². The third-order valence-corrected chi connectivity index (χ3v) is 3.20. The molecule has 0 aromatic heterocycles. The molecule has 0 rings (SSSR count). The first-order valence-corrected chi connectivity index (χ1v) is 6.18. The van der Waals surface area contributed by atoms with Gasteiger partial charge in [-0.15, -0.1) is 0 Å². The Morgan fingerprint density at radius 3 is 2.00 bits per heavy atom. The molecular weight excluding hydrogens is 163 g/mol. The van der Waals surface area contributed by atoms with Crippen molar-refractivity contribution in [2.45, 2.75) is 6.92 Å². The summed E-state index contributed by atoms with van der Waals surface area (Å²) in [5.74, 6) is -1.83. The molecule has 1 atom stereocenters. The first-order chi connectivity index (χ1) is 2.56. The average molecular weight is 171 g/mol. The van der Waals surface area contributed by atoms with Gasteiger partial charge in [-0.1, -0.05) is 6.92 Å². The molecule has 0 saturated heterocycles. The molecule has 0 N–H and O–H groups in total. The van der Waals surface area contributed by atoms with Crippen LogP contribution >= 0.6 is 21.3 Å². The summed E-state index contributed by atoms with van der Waals surface area (Å²) < 4.78 is 10.5. The largest absolute Gasteiger partial charge is 0.312 e. The third-order valence-electron chi connectivity index (χ3n) is 0.565. The van der Waals surface area contributed by atoms with E-state index in [2.05, 4.69) is 15.5 Å². The van der Waals surface area contributed by atoms with Crippen LogP contribution in [0.2, 0.25) is 0 Å². The highest BCUT2D eigenvalue weighted by Crippen LogP contribution is 2.48. The van der Waals surface area contributed by atoms with Crippen LogP contribution in [0, 0.1) is 0 Å². The second-order valence-electron chi connectivity index (χ2n) is 1.30. The van der Waals surface area contributed by atoms with Crippen LogP contribution < -0.4 is 0 Å². The maximum atomic E-state index is 10.5. The molecule has 0 saturated carbocycles. The van der Waals surface area contributed by atoms with Crippen molar-refractivity contribution < 1.29 is 4.57 Å². The van der Waals surface area contributed by atoms with E-state index in [1.165, 1.54) is 0 Å². The van der Waals surface area contributed by atoms with Crippen LogP contribution in [0.4, 0.5) is 0 Å². The van der Waals surface area contributed by atoms with Gasteiger partial charge in [-0.2, -0.15) is 0 Å². The molecule has 3 heteroatoms. The van der Waals surface area contributed by atoms with Crippen molar-refractivity contribution >= 4 is 21.3 Å². The van der Waals surface area contributed by atoms with Crippen LogP contribution in [-0.4, -0.2) is 12.8 Å². The lowest BCUT2D eigenvalue weighted by Gasteiger charge is -1.92. The Morgan fingerprint density at radius 2 is 2.00 bits per heavy atom. The molecule has 38 valence electrons. The van der Waals surface area contributed by atoms with E-state index in [1.807, 2.05) is 6.92 Å². The zero-order chi connectivity index (χ0) is 5.21. The Labute approximate surface area is 46.2 Å². The molecule has 0 spiro atoms. The summed E-state index contributed by atoms with van der Waals surface area (Å²) in [5.41, 5.74) is 0. The number of halogens is 1. The molecule has 1 nitrogen and oxygen atoms in total. The molecule has 1 unspecified atom stereocenters. The van der Waals surface area contributed by atoms with Crippen LogP contribution in [-0.2, 0) is 4.57 Å². The van der Waals surface area contributed by atoms with E-state index in [0.717, 1.165) is 6.16 Å². The molecule has 0 bridgehead atoms. The second-order valence-corrected chi connectivity index (χ2v) is 8.41. The van der Waals surface area contributed by atoms with Gasteiger partial charge in [0.2, 0.25) is 0 Å². The summed E-state index contributed by atoms with van der Waals surface area (Å²) in [6, 6.07) is 0. The first-order valence-electron chi connectivity index (χ1n) is 1.82. The summed E-state index contributed by atoms with van der Waals surface area (Å²) in [7, 11) is 0. The Kier molecular flexibility index (Phi) is 2.38. The van der Waals surface area contributed by atoms with Gasteiger partial charge in [0.15, 0.2) is 0 Å². The number of hydrogen-bond acceptors (Lipinski definition) is 1. The third kappa shape index (κ3) is 4.71. The lowest BCUT2D eigenvalue weighted by molar-refractivity contribution is 0.589. The van der Waals surface area contributed by atoms with Crippen LogP contribution in [0.25, 0.3) is 0 Å². The second kappa shape index (κ2) is 2.13. The van der Waals surface area contributed by atoms with Gasteiger partial charge in [0.05, 0.1) is 0 Å². The highest BCUT2D eigenvalue weighted by atomic mass is 79.9. The van der Waals surface area contributed by atoms with Gasteiger partial charge in [-0.25, -0.2) is 0 Å². The topological polar surface area (TPSA) is 17.1 Å². The summed E-state index contributed by atoms with van der Waals surface area (Å²) in [5, 5.41) is 0. The van der Waals surface area contributed by atoms with E-state index in [9.17, 15) is 4.57 Å². The molecule has 0 heterocycles. The van der Waals surface area contributed by atoms with E-state index >= 15 is 0 Å². The highest BCUT2D eigenvalue weighted by molar-refractivity contribution is 9.40. The van der Waals surface area contributed by atoms with Gasteiger partial charge in [-0.3, -0.25) is 0 Å². The quantitative estimate of drug-likeness (QED) is 0.553. The van der Waals surface area contributed by atoms with Crippen molar-refractivity contribution in [3.8, 4) is 0 Å². The fourth-order valence-electron chi connectivity index (χ4n) is 0. The fourth-order valence-corrected chi connectivity index (χ4v) is 0. The van der Waals surface area contributed by atoms with E-state index in [1.54, 1.807) is 6.66 Å². The molecule has 0 aliphatic heterocycles. The Balaban J connectivity index is 3.48. The number of rotatable bonds is 1. The minimum absolute atomic E-state index is 0.743. The molecule has 0 aliphatic carbocycles. The minimum atomic E-state index is -1.83. The maximum Gasteiger partial charge on any atom is 0.144 e. The zero-order valence-electron chi connectivity index (χ0n) is 3.94. The van der Waals surface area contributed by atoms with E-state index in [0.29, 0.717) is 0 Å². The summed E-state index contributed by atoms with van der Waals surface area (Å²) in [6.45, 7) is 3.61. The van der Waals surface area contributed by atoms with Crippen LogP contribution in [0.3, 0.4) is 0 Å². The van der Waals surface area contributed by atoms with Crippen molar-refractivity contribution in [3.05, 3.63) is 0 Å². The lowest BCUT2D eigenvalue weighted by Crippen LogP contribution is -1.66. The van der Waals surface area contributed by atoms with Crippen molar-refractivity contribution in [2.75, 3.05) is 12.8 Å². The molecule has 0 radical (unpaired) electrons. The molecule has 0 aliphatic rings. The maximum absolute atomic E-state index is 10.5. The van der Waals surface area contributed by atoms with Gasteiger partial charge >= 0.3 is 0 Å². The fraction of sp³-hybridized carbons (Fsp3) is 1.00. The first kappa shape index (κ1) is 6.71. The predicted molar refractivity (Wildman–Crippen MR) is 33.0 cm³/mol. The van der Waals surface area contributed by atoms with E-state index in [4.69, 9.17) is 0 Å². The molecule has 0 aromatic carbocycles.